The van der Waals surface area contributed by atoms with Gasteiger partial charge in [0.1, 0.15) is 5.76 Å². The van der Waals surface area contributed by atoms with Crippen LogP contribution in [0.1, 0.15) is 39.0 Å². The van der Waals surface area contributed by atoms with Crippen molar-refractivity contribution in [1.82, 2.24) is 10.6 Å². The smallest absolute Gasteiger partial charge is 0.228 e. The van der Waals surface area contributed by atoms with Gasteiger partial charge in [-0.3, -0.25) is 4.79 Å². The minimum Gasteiger partial charge on any atom is -0.467 e. The second kappa shape index (κ2) is 5.14. The summed E-state index contributed by atoms with van der Waals surface area (Å²) in [5.74, 6) is 1.26. The lowest BCUT2D eigenvalue weighted by Gasteiger charge is -2.32. The molecule has 1 aromatic rings. The van der Waals surface area contributed by atoms with Crippen LogP contribution in [0.3, 0.4) is 0 Å². The van der Waals surface area contributed by atoms with Crippen LogP contribution >= 0.6 is 0 Å². The van der Waals surface area contributed by atoms with Crippen LogP contribution in [0.5, 0.6) is 0 Å². The molecule has 1 unspecified atom stereocenters. The van der Waals surface area contributed by atoms with Crippen molar-refractivity contribution in [2.45, 2.75) is 33.2 Å². The van der Waals surface area contributed by atoms with Gasteiger partial charge in [0.2, 0.25) is 5.91 Å². The van der Waals surface area contributed by atoms with Crippen molar-refractivity contribution >= 4 is 5.91 Å². The number of rotatable bonds is 4. The van der Waals surface area contributed by atoms with E-state index in [1.54, 1.807) is 6.26 Å². The maximum Gasteiger partial charge on any atom is 0.228 e. The van der Waals surface area contributed by atoms with Gasteiger partial charge in [-0.2, -0.15) is 0 Å². The van der Waals surface area contributed by atoms with Crippen LogP contribution < -0.4 is 10.6 Å². The Kier molecular flexibility index (Phi) is 3.76. The van der Waals surface area contributed by atoms with E-state index in [2.05, 4.69) is 24.5 Å². The maximum atomic E-state index is 12.5. The molecule has 2 heterocycles. The highest BCUT2D eigenvalue weighted by Crippen LogP contribution is 2.35. The van der Waals surface area contributed by atoms with Gasteiger partial charge in [0.05, 0.1) is 17.7 Å². The van der Waals surface area contributed by atoms with E-state index in [4.69, 9.17) is 4.42 Å². The third kappa shape index (κ3) is 2.29. The molecule has 4 heteroatoms. The van der Waals surface area contributed by atoms with Gasteiger partial charge >= 0.3 is 0 Å². The molecule has 2 atom stereocenters. The Hall–Kier alpha value is -1.29. The van der Waals surface area contributed by atoms with E-state index in [1.165, 1.54) is 0 Å². The molecular formula is C14H22N2O2. The number of furan rings is 1. The molecule has 100 valence electrons. The van der Waals surface area contributed by atoms with Crippen LogP contribution in [0.2, 0.25) is 0 Å². The van der Waals surface area contributed by atoms with E-state index >= 15 is 0 Å². The molecule has 18 heavy (non-hydrogen) atoms. The molecule has 2 rings (SSSR count). The summed E-state index contributed by atoms with van der Waals surface area (Å²) in [6, 6.07) is 3.65. The highest BCUT2D eigenvalue weighted by molar-refractivity contribution is 5.84. The van der Waals surface area contributed by atoms with Crippen molar-refractivity contribution in [2.75, 3.05) is 13.1 Å². The molecule has 4 nitrogen and oxygen atoms in total. The molecule has 2 N–H and O–H groups in total. The number of carbonyl (C=O) groups is 1. The van der Waals surface area contributed by atoms with E-state index in [-0.39, 0.29) is 17.4 Å². The summed E-state index contributed by atoms with van der Waals surface area (Å²) < 4.78 is 5.32. The zero-order chi connectivity index (χ0) is 13.2. The van der Waals surface area contributed by atoms with Crippen molar-refractivity contribution in [3.63, 3.8) is 0 Å². The molecule has 1 aliphatic heterocycles. The summed E-state index contributed by atoms with van der Waals surface area (Å²) in [5.41, 5.74) is -0.277. The monoisotopic (exact) mass is 250 g/mol. The van der Waals surface area contributed by atoms with E-state index in [1.807, 2.05) is 19.1 Å². The Bertz CT molecular complexity index is 392. The third-order valence-electron chi connectivity index (χ3n) is 4.06. The SMILES string of the molecule is CC(C)C1(C(=O)N[C@@H](C)c2ccco2)CCNC1. The second-order valence-corrected chi connectivity index (χ2v) is 5.45. The standard InChI is InChI=1S/C14H22N2O2/c1-10(2)14(6-7-15-9-14)13(17)16-11(3)12-5-4-8-18-12/h4-5,8,10-11,15H,6-7,9H2,1-3H3,(H,16,17)/t11-,14?/m0/s1. The largest absolute Gasteiger partial charge is 0.467 e. The van der Waals surface area contributed by atoms with Crippen molar-refractivity contribution in [3.8, 4) is 0 Å². The summed E-state index contributed by atoms with van der Waals surface area (Å²) in [6.45, 7) is 7.86. The number of nitrogens with one attached hydrogen (secondary N) is 2. The number of hydrogen-bond donors (Lipinski definition) is 2. The zero-order valence-electron chi connectivity index (χ0n) is 11.3. The highest BCUT2D eigenvalue weighted by atomic mass is 16.3. The summed E-state index contributed by atoms with van der Waals surface area (Å²) in [5, 5.41) is 6.37. The van der Waals surface area contributed by atoms with Crippen molar-refractivity contribution in [3.05, 3.63) is 24.2 Å². The molecule has 1 aliphatic rings. The predicted octanol–water partition coefficient (Wildman–Crippen LogP) is 2.09. The summed E-state index contributed by atoms with van der Waals surface area (Å²) in [4.78, 5) is 12.5. The summed E-state index contributed by atoms with van der Waals surface area (Å²) in [6.07, 6.45) is 2.54. The Morgan fingerprint density at radius 1 is 1.50 bits per heavy atom. The minimum absolute atomic E-state index is 0.0799. The molecule has 1 saturated heterocycles. The minimum atomic E-state index is -0.277. The van der Waals surface area contributed by atoms with Crippen molar-refractivity contribution < 1.29 is 9.21 Å². The molecule has 0 radical (unpaired) electrons. The van der Waals surface area contributed by atoms with Gasteiger partial charge < -0.3 is 15.1 Å². The van der Waals surface area contributed by atoms with Gasteiger partial charge in [-0.1, -0.05) is 13.8 Å². The molecule has 0 spiro atoms. The molecule has 0 bridgehead atoms. The molecule has 0 saturated carbocycles. The van der Waals surface area contributed by atoms with Gasteiger partial charge in [0.15, 0.2) is 0 Å². The molecule has 1 amide bonds. The average molecular weight is 250 g/mol. The Balaban J connectivity index is 2.06. The number of hydrogen-bond acceptors (Lipinski definition) is 3. The van der Waals surface area contributed by atoms with Gasteiger partial charge in [0.25, 0.3) is 0 Å². The summed E-state index contributed by atoms with van der Waals surface area (Å²) >= 11 is 0. The molecule has 0 aromatic carbocycles. The quantitative estimate of drug-likeness (QED) is 0.860. The first-order valence-corrected chi connectivity index (χ1v) is 6.61. The predicted molar refractivity (Wildman–Crippen MR) is 70.0 cm³/mol. The van der Waals surface area contributed by atoms with Crippen molar-refractivity contribution in [2.24, 2.45) is 11.3 Å². The van der Waals surface area contributed by atoms with Gasteiger partial charge in [-0.15, -0.1) is 0 Å². The lowest BCUT2D eigenvalue weighted by Crippen LogP contribution is -2.46. The first-order chi connectivity index (χ1) is 8.56. The van der Waals surface area contributed by atoms with Crippen LogP contribution in [0, 0.1) is 11.3 Å². The average Bonchev–Trinajstić information content (AvgIpc) is 3.01. The maximum absolute atomic E-state index is 12.5. The second-order valence-electron chi connectivity index (χ2n) is 5.45. The highest BCUT2D eigenvalue weighted by Gasteiger charge is 2.44. The number of amides is 1. The van der Waals surface area contributed by atoms with E-state index < -0.39 is 0 Å². The van der Waals surface area contributed by atoms with Gasteiger partial charge in [0, 0.05) is 6.54 Å². The molecule has 1 fully saturated rings. The van der Waals surface area contributed by atoms with Crippen LogP contribution in [0.4, 0.5) is 0 Å². The molecular weight excluding hydrogens is 228 g/mol. The lowest BCUT2D eigenvalue weighted by atomic mass is 9.75. The molecule has 1 aromatic heterocycles. The van der Waals surface area contributed by atoms with Crippen LogP contribution in [-0.4, -0.2) is 19.0 Å². The summed E-state index contributed by atoms with van der Waals surface area (Å²) in [7, 11) is 0. The number of carbonyl (C=O) groups excluding carboxylic acids is 1. The Morgan fingerprint density at radius 2 is 2.28 bits per heavy atom. The van der Waals surface area contributed by atoms with E-state index in [0.717, 1.165) is 25.3 Å². The van der Waals surface area contributed by atoms with Gasteiger partial charge in [-0.25, -0.2) is 0 Å². The fourth-order valence-corrected chi connectivity index (χ4v) is 2.61. The first kappa shape index (κ1) is 13.1. The van der Waals surface area contributed by atoms with Crippen LogP contribution in [0.15, 0.2) is 22.8 Å². The lowest BCUT2D eigenvalue weighted by molar-refractivity contribution is -0.133. The normalized spacial score (nSPS) is 25.3. The Labute approximate surface area is 108 Å². The first-order valence-electron chi connectivity index (χ1n) is 6.61. The molecule has 0 aliphatic carbocycles. The van der Waals surface area contributed by atoms with Crippen molar-refractivity contribution in [1.29, 1.82) is 0 Å². The third-order valence-corrected chi connectivity index (χ3v) is 4.06. The van der Waals surface area contributed by atoms with Crippen LogP contribution in [-0.2, 0) is 4.79 Å². The fourth-order valence-electron chi connectivity index (χ4n) is 2.61. The topological polar surface area (TPSA) is 54.3 Å². The van der Waals surface area contributed by atoms with E-state index in [9.17, 15) is 4.79 Å². The zero-order valence-corrected chi connectivity index (χ0v) is 11.3. The fraction of sp³-hybridized carbons (Fsp3) is 0.643. The van der Waals surface area contributed by atoms with Crippen LogP contribution in [0.25, 0.3) is 0 Å². The Morgan fingerprint density at radius 3 is 2.78 bits per heavy atom. The van der Waals surface area contributed by atoms with Gasteiger partial charge in [-0.05, 0) is 37.9 Å². The van der Waals surface area contributed by atoms with E-state index in [0.29, 0.717) is 5.92 Å².